The van der Waals surface area contributed by atoms with E-state index in [-0.39, 0.29) is 0 Å². The summed E-state index contributed by atoms with van der Waals surface area (Å²) in [6, 6.07) is 5.51. The largest absolute Gasteiger partial charge is 0.481 e. The van der Waals surface area contributed by atoms with Gasteiger partial charge in [0.2, 0.25) is 0 Å². The monoisotopic (exact) mass is 240 g/mol. The molecule has 0 radical (unpaired) electrons. The topological polar surface area (TPSA) is 37.3 Å². The van der Waals surface area contributed by atoms with E-state index in [0.29, 0.717) is 10.9 Å². The molecule has 0 aliphatic carbocycles. The molecule has 0 spiro atoms. The molecule has 0 heterocycles. The first-order chi connectivity index (χ1) is 7.26. The highest BCUT2D eigenvalue weighted by atomic mass is 35.5. The van der Waals surface area contributed by atoms with Crippen molar-refractivity contribution in [3.8, 4) is 0 Å². The van der Waals surface area contributed by atoms with Crippen molar-refractivity contribution in [3.05, 3.63) is 34.3 Å². The first kappa shape index (κ1) is 13.0. The second kappa shape index (κ2) is 4.46. The number of halogens is 1. The fraction of sp³-hybridized carbons (Fsp3) is 0.462. The second-order valence-electron chi connectivity index (χ2n) is 4.82. The molecule has 1 rings (SSSR count). The minimum atomic E-state index is -0.904. The van der Waals surface area contributed by atoms with Crippen molar-refractivity contribution in [2.24, 2.45) is 0 Å². The second-order valence-corrected chi connectivity index (χ2v) is 5.23. The van der Waals surface area contributed by atoms with Gasteiger partial charge in [0, 0.05) is 5.02 Å². The van der Waals surface area contributed by atoms with E-state index >= 15 is 0 Å². The molecule has 0 aliphatic rings. The molecule has 1 aromatic rings. The van der Waals surface area contributed by atoms with Crippen LogP contribution in [0.25, 0.3) is 0 Å². The molecule has 0 atom stereocenters. The summed E-state index contributed by atoms with van der Waals surface area (Å²) >= 11 is 6.14. The molecule has 1 N–H and O–H groups in total. The van der Waals surface area contributed by atoms with Gasteiger partial charge in [-0.05, 0) is 37.0 Å². The van der Waals surface area contributed by atoms with Gasteiger partial charge in [-0.1, -0.05) is 37.6 Å². The van der Waals surface area contributed by atoms with Gasteiger partial charge in [0.05, 0.1) is 5.41 Å². The Morgan fingerprint density at radius 2 is 1.94 bits per heavy atom. The Kier molecular flexibility index (Phi) is 3.64. The Labute approximate surface area is 101 Å². The third-order valence-electron chi connectivity index (χ3n) is 2.88. The molecule has 0 bridgehead atoms. The van der Waals surface area contributed by atoms with Crippen molar-refractivity contribution < 1.29 is 9.90 Å². The van der Waals surface area contributed by atoms with E-state index in [1.54, 1.807) is 19.9 Å². The highest BCUT2D eigenvalue weighted by Gasteiger charge is 2.29. The van der Waals surface area contributed by atoms with Crippen LogP contribution in [-0.2, 0) is 10.2 Å². The minimum absolute atomic E-state index is 0.342. The Morgan fingerprint density at radius 3 is 2.31 bits per heavy atom. The molecule has 2 nitrogen and oxygen atoms in total. The van der Waals surface area contributed by atoms with Crippen molar-refractivity contribution in [2.45, 2.75) is 39.0 Å². The number of rotatable bonds is 3. The summed E-state index contributed by atoms with van der Waals surface area (Å²) in [5.74, 6) is -0.504. The van der Waals surface area contributed by atoms with E-state index in [0.717, 1.165) is 11.1 Å². The predicted octanol–water partition coefficient (Wildman–Crippen LogP) is 3.83. The van der Waals surface area contributed by atoms with Crippen LogP contribution in [0.1, 0.15) is 44.7 Å². The molecule has 0 aliphatic heterocycles. The van der Waals surface area contributed by atoms with E-state index in [2.05, 4.69) is 13.8 Å². The highest BCUT2D eigenvalue weighted by Crippen LogP contribution is 2.30. The van der Waals surface area contributed by atoms with Gasteiger partial charge in [0.15, 0.2) is 0 Å². The summed E-state index contributed by atoms with van der Waals surface area (Å²) in [7, 11) is 0. The molecular formula is C13H17ClO2. The first-order valence-corrected chi connectivity index (χ1v) is 5.68. The van der Waals surface area contributed by atoms with E-state index in [1.807, 2.05) is 12.1 Å². The zero-order valence-electron chi connectivity index (χ0n) is 10.0. The average Bonchev–Trinajstić information content (AvgIpc) is 2.16. The molecule has 0 saturated heterocycles. The van der Waals surface area contributed by atoms with Crippen LogP contribution >= 0.6 is 11.6 Å². The lowest BCUT2D eigenvalue weighted by atomic mass is 9.84. The maximum atomic E-state index is 11.1. The van der Waals surface area contributed by atoms with Gasteiger partial charge >= 0.3 is 5.97 Å². The number of carbonyl (C=O) groups is 1. The predicted molar refractivity (Wildman–Crippen MR) is 66.2 cm³/mol. The molecule has 3 heteroatoms. The first-order valence-electron chi connectivity index (χ1n) is 5.30. The molecule has 0 aromatic heterocycles. The van der Waals surface area contributed by atoms with Crippen LogP contribution in [-0.4, -0.2) is 11.1 Å². The molecular weight excluding hydrogens is 224 g/mol. The lowest BCUT2D eigenvalue weighted by Crippen LogP contribution is -2.28. The zero-order valence-corrected chi connectivity index (χ0v) is 10.8. The summed E-state index contributed by atoms with van der Waals surface area (Å²) in [6.45, 7) is 7.47. The van der Waals surface area contributed by atoms with Crippen LogP contribution in [0.5, 0.6) is 0 Å². The van der Waals surface area contributed by atoms with Gasteiger partial charge in [-0.2, -0.15) is 0 Å². The van der Waals surface area contributed by atoms with Crippen LogP contribution in [0.4, 0.5) is 0 Å². The van der Waals surface area contributed by atoms with E-state index in [4.69, 9.17) is 16.7 Å². The van der Waals surface area contributed by atoms with E-state index in [1.165, 1.54) is 0 Å². The van der Waals surface area contributed by atoms with Gasteiger partial charge in [0.25, 0.3) is 0 Å². The Balaban J connectivity index is 3.21. The molecule has 16 heavy (non-hydrogen) atoms. The molecule has 0 fully saturated rings. The third kappa shape index (κ3) is 2.38. The fourth-order valence-corrected chi connectivity index (χ4v) is 1.91. The Hall–Kier alpha value is -1.02. The van der Waals surface area contributed by atoms with Gasteiger partial charge < -0.3 is 5.11 Å². The van der Waals surface area contributed by atoms with Gasteiger partial charge in [-0.3, -0.25) is 4.79 Å². The standard InChI is InChI=1S/C13H17ClO2/c1-8(2)10-6-5-9(7-11(10)14)13(3,4)12(15)16/h5-8H,1-4H3,(H,15,16). The Morgan fingerprint density at radius 1 is 1.38 bits per heavy atom. The van der Waals surface area contributed by atoms with E-state index < -0.39 is 11.4 Å². The zero-order chi connectivity index (χ0) is 12.5. The molecule has 88 valence electrons. The number of benzene rings is 1. The quantitative estimate of drug-likeness (QED) is 0.872. The summed E-state index contributed by atoms with van der Waals surface area (Å²) in [4.78, 5) is 11.1. The van der Waals surface area contributed by atoms with Crippen LogP contribution in [0.3, 0.4) is 0 Å². The maximum absolute atomic E-state index is 11.1. The van der Waals surface area contributed by atoms with Crippen LogP contribution < -0.4 is 0 Å². The van der Waals surface area contributed by atoms with Gasteiger partial charge in [0.1, 0.15) is 0 Å². The number of hydrogen-bond acceptors (Lipinski definition) is 1. The molecule has 1 aromatic carbocycles. The van der Waals surface area contributed by atoms with Crippen LogP contribution in [0.15, 0.2) is 18.2 Å². The fourth-order valence-electron chi connectivity index (χ4n) is 1.51. The summed E-state index contributed by atoms with van der Waals surface area (Å²) < 4.78 is 0. The lowest BCUT2D eigenvalue weighted by molar-refractivity contribution is -0.142. The minimum Gasteiger partial charge on any atom is -0.481 e. The van der Waals surface area contributed by atoms with Crippen molar-refractivity contribution in [2.75, 3.05) is 0 Å². The lowest BCUT2D eigenvalue weighted by Gasteiger charge is -2.21. The number of hydrogen-bond donors (Lipinski definition) is 1. The Bertz CT molecular complexity index is 408. The number of carboxylic acids is 1. The summed E-state index contributed by atoms with van der Waals surface area (Å²) in [5, 5.41) is 9.76. The van der Waals surface area contributed by atoms with E-state index in [9.17, 15) is 4.79 Å². The summed E-state index contributed by atoms with van der Waals surface area (Å²) in [5.41, 5.74) is 0.875. The number of carboxylic acid groups (broad SMARTS) is 1. The SMILES string of the molecule is CC(C)c1ccc(C(C)(C)C(=O)O)cc1Cl. The molecule has 0 amide bonds. The molecule has 0 saturated carbocycles. The third-order valence-corrected chi connectivity index (χ3v) is 3.21. The van der Waals surface area contributed by atoms with Crippen molar-refractivity contribution in [1.82, 2.24) is 0 Å². The summed E-state index contributed by atoms with van der Waals surface area (Å²) in [6.07, 6.45) is 0. The average molecular weight is 241 g/mol. The van der Waals surface area contributed by atoms with Crippen LogP contribution in [0.2, 0.25) is 5.02 Å². The van der Waals surface area contributed by atoms with Crippen LogP contribution in [0, 0.1) is 0 Å². The highest BCUT2D eigenvalue weighted by molar-refractivity contribution is 6.31. The van der Waals surface area contributed by atoms with Gasteiger partial charge in [-0.25, -0.2) is 0 Å². The smallest absolute Gasteiger partial charge is 0.313 e. The van der Waals surface area contributed by atoms with Crippen molar-refractivity contribution in [3.63, 3.8) is 0 Å². The molecule has 0 unspecified atom stereocenters. The number of aliphatic carboxylic acids is 1. The maximum Gasteiger partial charge on any atom is 0.313 e. The normalized spacial score (nSPS) is 11.9. The van der Waals surface area contributed by atoms with Crippen molar-refractivity contribution in [1.29, 1.82) is 0 Å². The van der Waals surface area contributed by atoms with Crippen molar-refractivity contribution >= 4 is 17.6 Å². The van der Waals surface area contributed by atoms with Gasteiger partial charge in [-0.15, -0.1) is 0 Å².